The monoisotopic (exact) mass is 295 g/mol. The van der Waals surface area contributed by atoms with Gasteiger partial charge >= 0.3 is 0 Å². The highest BCUT2D eigenvalue weighted by molar-refractivity contribution is 7.89. The van der Waals surface area contributed by atoms with Crippen molar-refractivity contribution in [2.45, 2.75) is 30.7 Å². The van der Waals surface area contributed by atoms with Crippen LogP contribution < -0.4 is 0 Å². The van der Waals surface area contributed by atoms with Gasteiger partial charge in [-0.1, -0.05) is 17.7 Å². The van der Waals surface area contributed by atoms with Gasteiger partial charge in [0.05, 0.1) is 4.90 Å². The predicted octanol–water partition coefficient (Wildman–Crippen LogP) is 3.11. The molecule has 0 saturated carbocycles. The summed E-state index contributed by atoms with van der Waals surface area (Å²) in [5, 5.41) is 0.373. The van der Waals surface area contributed by atoms with Crippen molar-refractivity contribution in [1.82, 2.24) is 4.31 Å². The van der Waals surface area contributed by atoms with E-state index in [9.17, 15) is 8.42 Å². The first-order valence-electron chi connectivity index (χ1n) is 5.13. The Hall–Kier alpha value is -0.290. The second-order valence-corrected chi connectivity index (χ2v) is 6.67. The Labute approximate surface area is 112 Å². The summed E-state index contributed by atoms with van der Waals surface area (Å²) in [5.74, 6) is 0.263. The zero-order chi connectivity index (χ0) is 13.2. The molecule has 0 N–H and O–H groups in total. The minimum Gasteiger partial charge on any atom is -0.207 e. The minimum absolute atomic E-state index is 0.105. The smallest absolute Gasteiger partial charge is 0.207 e. The lowest BCUT2D eigenvalue weighted by Crippen LogP contribution is -2.33. The van der Waals surface area contributed by atoms with Crippen LogP contribution in [0, 0.1) is 0 Å². The average molecular weight is 296 g/mol. The lowest BCUT2D eigenvalue weighted by atomic mass is 10.2. The molecule has 0 aliphatic rings. The highest BCUT2D eigenvalue weighted by Gasteiger charge is 2.23. The van der Waals surface area contributed by atoms with E-state index >= 15 is 0 Å². The second kappa shape index (κ2) is 5.57. The van der Waals surface area contributed by atoms with E-state index in [1.807, 2.05) is 13.8 Å². The first-order chi connectivity index (χ1) is 7.80. The summed E-state index contributed by atoms with van der Waals surface area (Å²) in [5.41, 5.74) is 0.722. The number of sulfonamides is 1. The van der Waals surface area contributed by atoms with Crippen LogP contribution in [0.15, 0.2) is 23.1 Å². The highest BCUT2D eigenvalue weighted by Crippen LogP contribution is 2.24. The van der Waals surface area contributed by atoms with Crippen LogP contribution in [-0.2, 0) is 15.9 Å². The van der Waals surface area contributed by atoms with Crippen LogP contribution in [0.2, 0.25) is 5.02 Å². The number of halogens is 2. The Morgan fingerprint density at radius 1 is 1.35 bits per heavy atom. The van der Waals surface area contributed by atoms with Crippen LogP contribution in [-0.4, -0.2) is 25.8 Å². The van der Waals surface area contributed by atoms with E-state index in [4.69, 9.17) is 23.2 Å². The van der Waals surface area contributed by atoms with E-state index in [-0.39, 0.29) is 16.8 Å². The standard InChI is InChI=1S/C11H15Cl2NO2S/c1-8(2)14(3)17(15,16)10-5-4-9(7-12)11(13)6-10/h4-6,8H,7H2,1-3H3. The van der Waals surface area contributed by atoms with Gasteiger partial charge in [0, 0.05) is 24.0 Å². The maximum Gasteiger partial charge on any atom is 0.243 e. The van der Waals surface area contributed by atoms with Gasteiger partial charge in [0.2, 0.25) is 10.0 Å². The van der Waals surface area contributed by atoms with E-state index in [0.29, 0.717) is 5.02 Å². The third-order valence-electron chi connectivity index (χ3n) is 2.57. The van der Waals surface area contributed by atoms with E-state index in [1.165, 1.54) is 16.4 Å². The number of hydrogen-bond donors (Lipinski definition) is 0. The summed E-state index contributed by atoms with van der Waals surface area (Å²) in [6.45, 7) is 3.62. The Kier molecular flexibility index (Phi) is 4.84. The molecular weight excluding hydrogens is 281 g/mol. The molecule has 0 fully saturated rings. The molecule has 0 unspecified atom stereocenters. The molecule has 96 valence electrons. The van der Waals surface area contributed by atoms with Crippen molar-refractivity contribution in [3.63, 3.8) is 0 Å². The molecule has 1 rings (SSSR count). The molecule has 0 aliphatic carbocycles. The molecule has 0 atom stereocenters. The topological polar surface area (TPSA) is 37.4 Å². The van der Waals surface area contributed by atoms with Crippen molar-refractivity contribution in [2.24, 2.45) is 0 Å². The molecule has 0 amide bonds. The van der Waals surface area contributed by atoms with Crippen molar-refractivity contribution in [3.8, 4) is 0 Å². The van der Waals surface area contributed by atoms with Crippen molar-refractivity contribution in [3.05, 3.63) is 28.8 Å². The van der Waals surface area contributed by atoms with Crippen LogP contribution in [0.1, 0.15) is 19.4 Å². The first-order valence-corrected chi connectivity index (χ1v) is 7.48. The average Bonchev–Trinajstić information content (AvgIpc) is 2.27. The van der Waals surface area contributed by atoms with Gasteiger partial charge < -0.3 is 0 Å². The summed E-state index contributed by atoms with van der Waals surface area (Å²) >= 11 is 11.6. The van der Waals surface area contributed by atoms with Crippen LogP contribution in [0.25, 0.3) is 0 Å². The molecule has 0 aliphatic heterocycles. The van der Waals surface area contributed by atoms with Gasteiger partial charge in [0.15, 0.2) is 0 Å². The number of hydrogen-bond acceptors (Lipinski definition) is 2. The van der Waals surface area contributed by atoms with Gasteiger partial charge in [-0.2, -0.15) is 4.31 Å². The normalized spacial score (nSPS) is 12.4. The zero-order valence-corrected chi connectivity index (χ0v) is 12.3. The molecule has 0 spiro atoms. The molecule has 0 heterocycles. The second-order valence-electron chi connectivity index (χ2n) is 4.00. The maximum absolute atomic E-state index is 12.2. The number of benzene rings is 1. The first kappa shape index (κ1) is 14.8. The molecule has 1 aromatic carbocycles. The Bertz CT molecular complexity index is 500. The summed E-state index contributed by atoms with van der Waals surface area (Å²) in [7, 11) is -1.93. The zero-order valence-electron chi connectivity index (χ0n) is 9.94. The lowest BCUT2D eigenvalue weighted by molar-refractivity contribution is 0.410. The van der Waals surface area contributed by atoms with Gasteiger partial charge in [0.25, 0.3) is 0 Å². The van der Waals surface area contributed by atoms with E-state index in [0.717, 1.165) is 5.56 Å². The fourth-order valence-corrected chi connectivity index (χ4v) is 3.25. The Morgan fingerprint density at radius 2 is 1.94 bits per heavy atom. The molecule has 0 aromatic heterocycles. The summed E-state index contributed by atoms with van der Waals surface area (Å²) in [4.78, 5) is 0.188. The van der Waals surface area contributed by atoms with Crippen molar-refractivity contribution in [2.75, 3.05) is 7.05 Å². The Morgan fingerprint density at radius 3 is 2.35 bits per heavy atom. The molecular formula is C11H15Cl2NO2S. The van der Waals surface area contributed by atoms with Gasteiger partial charge in [0.1, 0.15) is 0 Å². The van der Waals surface area contributed by atoms with Gasteiger partial charge in [-0.15, -0.1) is 11.6 Å². The molecule has 0 saturated heterocycles. The van der Waals surface area contributed by atoms with Gasteiger partial charge in [-0.05, 0) is 31.5 Å². The van der Waals surface area contributed by atoms with E-state index in [2.05, 4.69) is 0 Å². The minimum atomic E-state index is -3.48. The van der Waals surface area contributed by atoms with Gasteiger partial charge in [-0.25, -0.2) is 8.42 Å². The van der Waals surface area contributed by atoms with Crippen molar-refractivity contribution >= 4 is 33.2 Å². The summed E-state index contributed by atoms with van der Waals surface area (Å²) in [6, 6.07) is 4.49. The quantitative estimate of drug-likeness (QED) is 0.801. The van der Waals surface area contributed by atoms with Crippen molar-refractivity contribution in [1.29, 1.82) is 0 Å². The van der Waals surface area contributed by atoms with Crippen molar-refractivity contribution < 1.29 is 8.42 Å². The van der Waals surface area contributed by atoms with E-state index < -0.39 is 10.0 Å². The summed E-state index contributed by atoms with van der Waals surface area (Å²) in [6.07, 6.45) is 0. The highest BCUT2D eigenvalue weighted by atomic mass is 35.5. The number of nitrogens with zero attached hydrogens (tertiary/aromatic N) is 1. The molecule has 3 nitrogen and oxygen atoms in total. The molecule has 6 heteroatoms. The Balaban J connectivity index is 3.21. The van der Waals surface area contributed by atoms with Crippen LogP contribution in [0.5, 0.6) is 0 Å². The lowest BCUT2D eigenvalue weighted by Gasteiger charge is -2.21. The summed E-state index contributed by atoms with van der Waals surface area (Å²) < 4.78 is 25.6. The number of alkyl halides is 1. The molecule has 1 aromatic rings. The fraction of sp³-hybridized carbons (Fsp3) is 0.455. The number of rotatable bonds is 4. The predicted molar refractivity (Wildman–Crippen MR) is 71.1 cm³/mol. The van der Waals surface area contributed by atoms with Crippen LogP contribution in [0.4, 0.5) is 0 Å². The maximum atomic E-state index is 12.2. The van der Waals surface area contributed by atoms with Crippen LogP contribution in [0.3, 0.4) is 0 Å². The fourth-order valence-electron chi connectivity index (χ4n) is 1.24. The molecule has 0 bridgehead atoms. The third kappa shape index (κ3) is 3.13. The molecule has 0 radical (unpaired) electrons. The molecule has 17 heavy (non-hydrogen) atoms. The van der Waals surface area contributed by atoms with Crippen LogP contribution >= 0.6 is 23.2 Å². The SMILES string of the molecule is CC(C)N(C)S(=O)(=O)c1ccc(CCl)c(Cl)c1. The third-order valence-corrected chi connectivity index (χ3v) is 5.24. The largest absolute Gasteiger partial charge is 0.243 e. The van der Waals surface area contributed by atoms with E-state index in [1.54, 1.807) is 13.1 Å². The van der Waals surface area contributed by atoms with Gasteiger partial charge in [-0.3, -0.25) is 0 Å².